The topological polar surface area (TPSA) is 210 Å². The molecule has 0 amide bonds. The number of hydrogen-bond acceptors (Lipinski definition) is 12. The lowest BCUT2D eigenvalue weighted by molar-refractivity contribution is -0.231. The Bertz CT molecular complexity index is 1720. The van der Waals surface area contributed by atoms with E-state index in [0.717, 1.165) is 12.1 Å². The quantitative estimate of drug-likeness (QED) is 0.0949. The van der Waals surface area contributed by atoms with E-state index in [4.69, 9.17) is 23.4 Å². The van der Waals surface area contributed by atoms with E-state index in [2.05, 4.69) is 0 Å². The van der Waals surface area contributed by atoms with Crippen molar-refractivity contribution in [2.24, 2.45) is 0 Å². The smallest absolute Gasteiger partial charge is 0.508 e. The van der Waals surface area contributed by atoms with Gasteiger partial charge >= 0.3 is 5.97 Å². The zero-order valence-corrected chi connectivity index (χ0v) is 24.0. The summed E-state index contributed by atoms with van der Waals surface area (Å²) in [5.41, 5.74) is 0.515. The fraction of sp³-hybridized carbons (Fsp3) is 0.250. The highest BCUT2D eigenvalue weighted by atomic mass is 16.6. The molecule has 2 aromatic carbocycles. The van der Waals surface area contributed by atoms with Gasteiger partial charge in [-0.3, -0.25) is 4.79 Å². The summed E-state index contributed by atoms with van der Waals surface area (Å²) in [6.07, 6.45) is -5.07. The van der Waals surface area contributed by atoms with Gasteiger partial charge in [0.05, 0.1) is 25.9 Å². The van der Waals surface area contributed by atoms with Gasteiger partial charge in [-0.05, 0) is 42.0 Å². The highest BCUT2D eigenvalue weighted by Gasteiger charge is 2.47. The predicted octanol–water partition coefficient (Wildman–Crippen LogP) is 2.30. The summed E-state index contributed by atoms with van der Waals surface area (Å²) in [5, 5.41) is 63.0. The van der Waals surface area contributed by atoms with Crippen molar-refractivity contribution >= 4 is 12.0 Å². The number of benzene rings is 3. The van der Waals surface area contributed by atoms with Gasteiger partial charge in [-0.25, -0.2) is 0 Å². The summed E-state index contributed by atoms with van der Waals surface area (Å²) in [7, 11) is 2.64. The van der Waals surface area contributed by atoms with E-state index in [0.29, 0.717) is 5.56 Å². The summed E-state index contributed by atoms with van der Waals surface area (Å²) < 4.78 is 28.0. The van der Waals surface area contributed by atoms with Crippen molar-refractivity contribution < 1.29 is 58.8 Å². The van der Waals surface area contributed by atoms with Crippen LogP contribution in [-0.2, 0) is 9.47 Å². The molecule has 0 spiro atoms. The maximum absolute atomic E-state index is 12.2. The van der Waals surface area contributed by atoms with Gasteiger partial charge < -0.3 is 58.8 Å². The molecule has 0 saturated carbocycles. The van der Waals surface area contributed by atoms with E-state index >= 15 is 0 Å². The minimum absolute atomic E-state index is 0.00392. The highest BCUT2D eigenvalue weighted by molar-refractivity contribution is 5.88. The number of ether oxygens (including phenoxy) is 4. The monoisotopic (exact) mass is 623 g/mol. The number of aliphatic hydroxyl groups excluding tert-OH is 3. The molecule has 1 fully saturated rings. The molecule has 0 aromatic heterocycles. The number of hydrogen-bond donors (Lipinski definition) is 6. The zero-order valence-electron chi connectivity index (χ0n) is 24.0. The number of phenolic OH excluding ortho intramolecular Hbond substituents is 3. The maximum Gasteiger partial charge on any atom is 0.510 e. The van der Waals surface area contributed by atoms with E-state index in [9.17, 15) is 40.2 Å². The summed E-state index contributed by atoms with van der Waals surface area (Å²) in [5.74, 6) is -1.20. The van der Waals surface area contributed by atoms with E-state index in [1.54, 1.807) is 12.1 Å². The fourth-order valence-electron chi connectivity index (χ4n) is 4.98. The minimum Gasteiger partial charge on any atom is -0.508 e. The zero-order chi connectivity index (χ0) is 32.4. The summed E-state index contributed by atoms with van der Waals surface area (Å²) >= 11 is 0. The largest absolute Gasteiger partial charge is 0.510 e. The predicted molar refractivity (Wildman–Crippen MR) is 159 cm³/mol. The molecule has 7 N–H and O–H groups in total. The van der Waals surface area contributed by atoms with Crippen LogP contribution in [0.3, 0.4) is 0 Å². The Morgan fingerprint density at radius 2 is 1.58 bits per heavy atom. The summed E-state index contributed by atoms with van der Waals surface area (Å²) in [6.45, 7) is -0.459. The molecule has 13 nitrogen and oxygen atoms in total. The molecule has 0 radical (unpaired) electrons. The SMILES string of the molecule is COc1cc(-c2oc3cc(=O)cc(O)c-3cc2[C@@H]2O[C@H](COC(=[OH+])C=Cc3ccc(O)cc3)[C@@H](O)[C@H](O)[C@H]2O)cc(OC)c1O. The molecular weight excluding hydrogens is 592 g/mol. The van der Waals surface area contributed by atoms with Crippen LogP contribution in [0.5, 0.6) is 28.7 Å². The Morgan fingerprint density at radius 3 is 2.22 bits per heavy atom. The molecule has 1 saturated heterocycles. The fourth-order valence-corrected chi connectivity index (χ4v) is 4.98. The second-order valence-corrected chi connectivity index (χ2v) is 10.3. The minimum atomic E-state index is -1.75. The summed E-state index contributed by atoms with van der Waals surface area (Å²) in [6, 6.07) is 12.5. The third-order valence-corrected chi connectivity index (χ3v) is 7.34. The van der Waals surface area contributed by atoms with Gasteiger partial charge in [0, 0.05) is 23.3 Å². The van der Waals surface area contributed by atoms with Gasteiger partial charge in [0.1, 0.15) is 53.5 Å². The van der Waals surface area contributed by atoms with E-state index < -0.39 is 54.3 Å². The number of carbonyl (C=O) groups excluding carboxylic acids is 1. The first kappa shape index (κ1) is 31.3. The molecule has 2 aromatic rings. The number of aromatic hydroxyl groups is 3. The van der Waals surface area contributed by atoms with Crippen LogP contribution < -0.4 is 14.9 Å². The lowest BCUT2D eigenvalue weighted by atomic mass is 9.88. The normalized spacial score (nSPS) is 21.6. The van der Waals surface area contributed by atoms with Gasteiger partial charge in [0.25, 0.3) is 0 Å². The standard InChI is InChI=1S/C32H30O13/c1-41-23-9-16(10-24(42-2)27(23)37)31-20(13-19-21(35)11-18(34)12-22(19)44-31)32-30(40)29(39)28(38)25(45-32)14-43-26(36)8-5-15-3-6-17(33)7-4-15/h3-13,25,28-30,32-33,35,37-40H,14H2,1-2H3/p+1/t25-,28-,29+,30-,32+/m1/s1. The number of methoxy groups -OCH3 is 2. The lowest BCUT2D eigenvalue weighted by Crippen LogP contribution is -2.55. The number of phenols is 3. The van der Waals surface area contributed by atoms with Gasteiger partial charge in [-0.2, -0.15) is 0 Å². The molecule has 0 unspecified atom stereocenters. The van der Waals surface area contributed by atoms with Gasteiger partial charge in [-0.1, -0.05) is 12.1 Å². The van der Waals surface area contributed by atoms with Crippen molar-refractivity contribution in [3.05, 3.63) is 82.0 Å². The molecule has 2 aliphatic heterocycles. The van der Waals surface area contributed by atoms with Crippen LogP contribution in [-0.4, -0.2) is 86.6 Å². The molecule has 5 atom stereocenters. The van der Waals surface area contributed by atoms with E-state index in [1.807, 2.05) is 0 Å². The van der Waals surface area contributed by atoms with Crippen molar-refractivity contribution in [1.82, 2.24) is 0 Å². The van der Waals surface area contributed by atoms with Gasteiger partial charge in [0.15, 0.2) is 16.9 Å². The Balaban J connectivity index is 1.52. The van der Waals surface area contributed by atoms with Crippen LogP contribution in [0.1, 0.15) is 17.2 Å². The highest BCUT2D eigenvalue weighted by Crippen LogP contribution is 2.46. The summed E-state index contributed by atoms with van der Waals surface area (Å²) in [4.78, 5) is 22.4. The lowest BCUT2D eigenvalue weighted by Gasteiger charge is -2.40. The van der Waals surface area contributed by atoms with E-state index in [1.165, 1.54) is 56.7 Å². The third-order valence-electron chi connectivity index (χ3n) is 7.34. The van der Waals surface area contributed by atoms with Crippen LogP contribution in [0.15, 0.2) is 69.9 Å². The van der Waals surface area contributed by atoms with Crippen molar-refractivity contribution in [2.75, 3.05) is 20.8 Å². The first-order chi connectivity index (χ1) is 21.5. The number of aliphatic hydroxyl groups is 3. The van der Waals surface area contributed by atoms with Crippen molar-refractivity contribution in [3.63, 3.8) is 0 Å². The Kier molecular flexibility index (Phi) is 8.97. The van der Waals surface area contributed by atoms with Crippen molar-refractivity contribution in [2.45, 2.75) is 30.5 Å². The van der Waals surface area contributed by atoms with Crippen LogP contribution in [0, 0.1) is 0 Å². The first-order valence-electron chi connectivity index (χ1n) is 13.6. The second kappa shape index (κ2) is 12.9. The van der Waals surface area contributed by atoms with Crippen LogP contribution in [0.4, 0.5) is 0 Å². The van der Waals surface area contributed by atoms with Crippen molar-refractivity contribution in [3.8, 4) is 51.4 Å². The molecular formula is C32H31O13+. The average molecular weight is 624 g/mol. The van der Waals surface area contributed by atoms with Crippen molar-refractivity contribution in [1.29, 1.82) is 0 Å². The molecule has 3 aliphatic rings. The second-order valence-electron chi connectivity index (χ2n) is 10.3. The van der Waals surface area contributed by atoms with E-state index in [-0.39, 0.29) is 51.2 Å². The van der Waals surface area contributed by atoms with Crippen LogP contribution >= 0.6 is 0 Å². The van der Waals surface area contributed by atoms with Gasteiger partial charge in [0.2, 0.25) is 12.4 Å². The molecule has 45 heavy (non-hydrogen) atoms. The Hall–Kier alpha value is -5.08. The van der Waals surface area contributed by atoms with Gasteiger partial charge in [-0.15, -0.1) is 0 Å². The molecule has 1 aliphatic carbocycles. The van der Waals surface area contributed by atoms with Crippen LogP contribution in [0.25, 0.3) is 28.7 Å². The maximum atomic E-state index is 12.2. The molecule has 13 heteroatoms. The molecule has 236 valence electrons. The Morgan fingerprint density at radius 1 is 0.911 bits per heavy atom. The Labute approximate surface area is 255 Å². The molecule has 2 heterocycles. The molecule has 0 bridgehead atoms. The molecule has 5 rings (SSSR count). The number of rotatable bonds is 8. The average Bonchev–Trinajstić information content (AvgIpc) is 3.02. The first-order valence-corrected chi connectivity index (χ1v) is 13.6. The van der Waals surface area contributed by atoms with Crippen LogP contribution in [0.2, 0.25) is 0 Å². The number of fused-ring (bicyclic) bond motifs is 1. The third kappa shape index (κ3) is 6.42. The number of esters is 1.